The van der Waals surface area contributed by atoms with Gasteiger partial charge in [0.05, 0.1) is 12.2 Å². The van der Waals surface area contributed by atoms with E-state index in [2.05, 4.69) is 5.32 Å². The number of piperidine rings is 1. The van der Waals surface area contributed by atoms with Crippen molar-refractivity contribution in [2.75, 3.05) is 46.0 Å². The van der Waals surface area contributed by atoms with Gasteiger partial charge in [0.2, 0.25) is 10.0 Å². The number of carbonyl (C=O) groups excluding carboxylic acids is 2. The van der Waals surface area contributed by atoms with Crippen molar-refractivity contribution < 1.29 is 27.5 Å². The fourth-order valence-electron chi connectivity index (χ4n) is 5.73. The number of halogens is 1. The monoisotopic (exact) mass is 557 g/mol. The van der Waals surface area contributed by atoms with E-state index in [0.717, 1.165) is 31.9 Å². The first-order chi connectivity index (χ1) is 18.5. The fourth-order valence-corrected chi connectivity index (χ4v) is 6.14. The minimum Gasteiger partial charge on any atom is -0.508 e. The van der Waals surface area contributed by atoms with E-state index in [4.69, 9.17) is 0 Å². The molecule has 3 unspecified atom stereocenters. The van der Waals surface area contributed by atoms with Crippen LogP contribution in [0.25, 0.3) is 5.57 Å². The van der Waals surface area contributed by atoms with E-state index in [1.807, 2.05) is 11.0 Å². The number of Topliss-reactive ketones (excluding diaryl/α,β-unsaturated/α-hetero) is 1. The maximum Gasteiger partial charge on any atom is 0.210 e. The highest BCUT2D eigenvalue weighted by atomic mass is 32.2. The lowest BCUT2D eigenvalue weighted by Gasteiger charge is -2.50. The van der Waals surface area contributed by atoms with Crippen molar-refractivity contribution in [3.05, 3.63) is 71.0 Å². The summed E-state index contributed by atoms with van der Waals surface area (Å²) in [6.45, 7) is 3.54. The van der Waals surface area contributed by atoms with Gasteiger partial charge in [-0.15, -0.1) is 0 Å². The number of aromatic hydroxyl groups is 1. The average molecular weight is 558 g/mol. The molecule has 2 aromatic carbocycles. The van der Waals surface area contributed by atoms with E-state index >= 15 is 0 Å². The first-order valence-corrected chi connectivity index (χ1v) is 15.0. The molecule has 0 spiro atoms. The Bertz CT molecular complexity index is 1370. The molecule has 4 rings (SSSR count). The summed E-state index contributed by atoms with van der Waals surface area (Å²) in [6.07, 6.45) is 5.47. The first-order valence-electron chi connectivity index (χ1n) is 13.1. The van der Waals surface area contributed by atoms with Gasteiger partial charge in [-0.2, -0.15) is 0 Å². The Morgan fingerprint density at radius 2 is 2.03 bits per heavy atom. The van der Waals surface area contributed by atoms with Crippen molar-refractivity contribution in [2.24, 2.45) is 11.8 Å². The van der Waals surface area contributed by atoms with Crippen LogP contribution in [-0.4, -0.2) is 86.4 Å². The largest absolute Gasteiger partial charge is 0.508 e. The Balaban J connectivity index is 1.89. The zero-order chi connectivity index (χ0) is 28.4. The summed E-state index contributed by atoms with van der Waals surface area (Å²) in [7, 11) is -1.98. The number of hydrogen-bond donors (Lipinski definition) is 2. The van der Waals surface area contributed by atoms with Gasteiger partial charge >= 0.3 is 0 Å². The lowest BCUT2D eigenvalue weighted by atomic mass is 9.70. The zero-order valence-corrected chi connectivity index (χ0v) is 23.4. The molecule has 2 aliphatic rings. The van der Waals surface area contributed by atoms with E-state index in [9.17, 15) is 27.5 Å². The lowest BCUT2D eigenvalue weighted by Crippen LogP contribution is -2.62. The van der Waals surface area contributed by atoms with E-state index in [-0.39, 0.29) is 37.1 Å². The first kappa shape index (κ1) is 29.1. The summed E-state index contributed by atoms with van der Waals surface area (Å²) in [5, 5.41) is 13.4. The SMILES string of the molecule is Cc1c(F)cccc1C1=CC(C=O)(C2CCCNC2)N(CCN(C)S(C)(=O)=O)CC1C(=O)c1cccc(O)c1. The van der Waals surface area contributed by atoms with Gasteiger partial charge in [-0.05, 0) is 61.2 Å². The van der Waals surface area contributed by atoms with Crippen LogP contribution in [0.15, 0.2) is 48.5 Å². The Morgan fingerprint density at radius 1 is 1.28 bits per heavy atom. The van der Waals surface area contributed by atoms with Crippen LogP contribution < -0.4 is 5.32 Å². The molecule has 0 aliphatic carbocycles. The predicted octanol–water partition coefficient (Wildman–Crippen LogP) is 2.87. The van der Waals surface area contributed by atoms with Crippen LogP contribution in [0.1, 0.15) is 34.3 Å². The van der Waals surface area contributed by atoms with Crippen molar-refractivity contribution in [3.8, 4) is 5.75 Å². The van der Waals surface area contributed by atoms with Crippen LogP contribution in [0, 0.1) is 24.6 Å². The highest BCUT2D eigenvalue weighted by Crippen LogP contribution is 2.42. The minimum absolute atomic E-state index is 0.0497. The molecule has 2 N–H and O–H groups in total. The van der Waals surface area contributed by atoms with E-state index in [1.54, 1.807) is 31.2 Å². The van der Waals surface area contributed by atoms with Crippen molar-refractivity contribution in [2.45, 2.75) is 25.3 Å². The van der Waals surface area contributed by atoms with E-state index in [0.29, 0.717) is 28.8 Å². The number of carbonyl (C=O) groups is 2. The average Bonchev–Trinajstić information content (AvgIpc) is 2.92. The molecule has 210 valence electrons. The quantitative estimate of drug-likeness (QED) is 0.361. The van der Waals surface area contributed by atoms with Crippen LogP contribution in [0.5, 0.6) is 5.75 Å². The number of rotatable bonds is 9. The second-order valence-electron chi connectivity index (χ2n) is 10.6. The molecule has 2 heterocycles. The molecule has 0 radical (unpaired) electrons. The molecule has 1 saturated heterocycles. The Labute approximate surface area is 229 Å². The predicted molar refractivity (Wildman–Crippen MR) is 148 cm³/mol. The number of phenolic OH excluding ortho intramolecular Hbond substituents is 1. The number of nitrogens with one attached hydrogen (secondary N) is 1. The Kier molecular flexibility index (Phi) is 8.70. The van der Waals surface area contributed by atoms with Crippen molar-refractivity contribution in [3.63, 3.8) is 0 Å². The molecule has 1 fully saturated rings. The van der Waals surface area contributed by atoms with Crippen LogP contribution in [0.4, 0.5) is 4.39 Å². The van der Waals surface area contributed by atoms with Crippen LogP contribution in [0.3, 0.4) is 0 Å². The third kappa shape index (κ3) is 5.99. The number of benzene rings is 2. The molecular weight excluding hydrogens is 521 g/mol. The fraction of sp³-hybridized carbons (Fsp3) is 0.448. The molecule has 10 heteroatoms. The summed E-state index contributed by atoms with van der Waals surface area (Å²) in [5.41, 5.74) is 0.660. The van der Waals surface area contributed by atoms with Crippen molar-refractivity contribution in [1.82, 2.24) is 14.5 Å². The Hall–Kier alpha value is -2.92. The number of ketones is 1. The number of aldehydes is 1. The normalized spacial score (nSPS) is 24.4. The second-order valence-corrected chi connectivity index (χ2v) is 12.6. The lowest BCUT2D eigenvalue weighted by molar-refractivity contribution is -0.120. The summed E-state index contributed by atoms with van der Waals surface area (Å²) in [6, 6.07) is 10.8. The summed E-state index contributed by atoms with van der Waals surface area (Å²) < 4.78 is 40.3. The molecule has 8 nitrogen and oxygen atoms in total. The molecule has 0 saturated carbocycles. The van der Waals surface area contributed by atoms with Crippen LogP contribution in [0.2, 0.25) is 0 Å². The van der Waals surface area contributed by atoms with Gasteiger partial charge in [0.1, 0.15) is 23.4 Å². The minimum atomic E-state index is -3.46. The third-order valence-electron chi connectivity index (χ3n) is 8.13. The van der Waals surface area contributed by atoms with Gasteiger partial charge in [-0.25, -0.2) is 17.1 Å². The number of likely N-dealkylation sites (N-methyl/N-ethyl adjacent to an activating group) is 1. The van der Waals surface area contributed by atoms with Gasteiger partial charge in [0.25, 0.3) is 0 Å². The van der Waals surface area contributed by atoms with Gasteiger partial charge < -0.3 is 15.2 Å². The third-order valence-corrected chi connectivity index (χ3v) is 9.44. The van der Waals surface area contributed by atoms with Gasteiger partial charge in [-0.3, -0.25) is 9.69 Å². The molecule has 2 aromatic rings. The van der Waals surface area contributed by atoms with Crippen molar-refractivity contribution >= 4 is 27.7 Å². The summed E-state index contributed by atoms with van der Waals surface area (Å²) in [5.74, 6) is -1.64. The van der Waals surface area contributed by atoms with Crippen molar-refractivity contribution in [1.29, 1.82) is 0 Å². The maximum atomic E-state index is 14.8. The molecule has 3 atom stereocenters. The highest BCUT2D eigenvalue weighted by molar-refractivity contribution is 7.88. The number of sulfonamides is 1. The van der Waals surface area contributed by atoms with Gasteiger partial charge in [-0.1, -0.05) is 30.3 Å². The molecular formula is C29H36FN3O5S. The number of hydrogen-bond acceptors (Lipinski definition) is 7. The molecule has 0 bridgehead atoms. The summed E-state index contributed by atoms with van der Waals surface area (Å²) in [4.78, 5) is 29.0. The Morgan fingerprint density at radius 3 is 2.67 bits per heavy atom. The highest BCUT2D eigenvalue weighted by Gasteiger charge is 2.48. The zero-order valence-electron chi connectivity index (χ0n) is 22.6. The smallest absolute Gasteiger partial charge is 0.210 e. The van der Waals surface area contributed by atoms with E-state index in [1.165, 1.54) is 29.6 Å². The molecule has 2 aliphatic heterocycles. The van der Waals surface area contributed by atoms with Gasteiger partial charge in [0.15, 0.2) is 5.78 Å². The topological polar surface area (TPSA) is 107 Å². The molecule has 39 heavy (non-hydrogen) atoms. The maximum absolute atomic E-state index is 14.8. The van der Waals surface area contributed by atoms with Crippen LogP contribution >= 0.6 is 0 Å². The van der Waals surface area contributed by atoms with E-state index < -0.39 is 27.3 Å². The molecule has 0 amide bonds. The second kappa shape index (κ2) is 11.7. The summed E-state index contributed by atoms with van der Waals surface area (Å²) >= 11 is 0. The van der Waals surface area contributed by atoms with Gasteiger partial charge in [0, 0.05) is 44.7 Å². The standard InChI is InChI=1S/C29H36FN3O5S/c1-20-24(10-5-11-27(20)30)25-16-29(19-34,22-8-6-12-31-17-22)33(14-13-32(2)39(3,37)38)18-26(25)28(36)21-7-4-9-23(35)15-21/h4-5,7,9-11,15-16,19,22,26,31,35H,6,8,12-14,17-18H2,1-3H3. The number of nitrogens with zero attached hydrogens (tertiary/aromatic N) is 2. The van der Waals surface area contributed by atoms with Crippen LogP contribution in [-0.2, 0) is 14.8 Å². The molecule has 0 aromatic heterocycles. The number of phenols is 1.